The number of nitrogens with one attached hydrogen (secondary N) is 1. The lowest BCUT2D eigenvalue weighted by molar-refractivity contribution is 0.0526. The fourth-order valence-electron chi connectivity index (χ4n) is 1.39. The minimum Gasteiger partial charge on any atom is -0.461 e. The molecule has 0 radical (unpaired) electrons. The maximum Gasteiger partial charge on any atom is 0.367 e. The molecule has 0 unspecified atom stereocenters. The van der Waals surface area contributed by atoms with E-state index < -0.39 is 5.97 Å². The summed E-state index contributed by atoms with van der Waals surface area (Å²) in [7, 11) is 0. The molecule has 8 nitrogen and oxygen atoms in total. The topological polar surface area (TPSA) is 99.0 Å². The van der Waals surface area contributed by atoms with Crippen LogP contribution in [0.15, 0.2) is 17.8 Å². The Morgan fingerprint density at radius 1 is 1.50 bits per heavy atom. The molecule has 0 saturated heterocycles. The van der Waals surface area contributed by atoms with Gasteiger partial charge in [-0.15, -0.1) is 16.4 Å². The number of rotatable bonds is 6. The summed E-state index contributed by atoms with van der Waals surface area (Å²) in [6, 6.07) is 0. The lowest BCUT2D eigenvalue weighted by atomic mass is 10.4. The number of carbonyl (C=O) groups excluding carboxylic acids is 2. The van der Waals surface area contributed by atoms with Crippen molar-refractivity contribution in [1.29, 1.82) is 0 Å². The van der Waals surface area contributed by atoms with E-state index in [1.807, 2.05) is 0 Å². The Morgan fingerprint density at radius 3 is 3.05 bits per heavy atom. The average Bonchev–Trinajstić information content (AvgIpc) is 3.10. The third kappa shape index (κ3) is 3.60. The van der Waals surface area contributed by atoms with Gasteiger partial charge in [-0.25, -0.2) is 9.78 Å². The second kappa shape index (κ2) is 6.75. The zero-order chi connectivity index (χ0) is 14.4. The van der Waals surface area contributed by atoms with Crippen molar-refractivity contribution in [2.75, 3.05) is 13.2 Å². The van der Waals surface area contributed by atoms with E-state index in [2.05, 4.69) is 20.6 Å². The first-order valence-corrected chi connectivity index (χ1v) is 6.83. The lowest BCUT2D eigenvalue weighted by Gasteiger charge is -2.02. The SMILES string of the molecule is CCOC(=O)c1nc(C(=O)NCCn2ccnn2)cs1. The molecule has 0 aromatic carbocycles. The van der Waals surface area contributed by atoms with E-state index in [1.165, 1.54) is 5.38 Å². The second-order valence-corrected chi connectivity index (χ2v) is 4.54. The average molecular weight is 295 g/mol. The van der Waals surface area contributed by atoms with Crippen molar-refractivity contribution in [2.24, 2.45) is 0 Å². The van der Waals surface area contributed by atoms with E-state index in [0.29, 0.717) is 13.1 Å². The maximum atomic E-state index is 11.8. The van der Waals surface area contributed by atoms with Crippen LogP contribution in [-0.2, 0) is 11.3 Å². The fraction of sp³-hybridized carbons (Fsp3) is 0.364. The fourth-order valence-corrected chi connectivity index (χ4v) is 2.08. The van der Waals surface area contributed by atoms with E-state index in [4.69, 9.17) is 4.74 Å². The van der Waals surface area contributed by atoms with Crippen LogP contribution in [0, 0.1) is 0 Å². The summed E-state index contributed by atoms with van der Waals surface area (Å²) in [6.07, 6.45) is 3.27. The van der Waals surface area contributed by atoms with Crippen LogP contribution in [0.4, 0.5) is 0 Å². The lowest BCUT2D eigenvalue weighted by Crippen LogP contribution is -2.27. The summed E-state index contributed by atoms with van der Waals surface area (Å²) in [5, 5.41) is 11.8. The van der Waals surface area contributed by atoms with Gasteiger partial charge in [0.15, 0.2) is 0 Å². The zero-order valence-electron chi connectivity index (χ0n) is 10.8. The number of amides is 1. The second-order valence-electron chi connectivity index (χ2n) is 3.68. The molecule has 0 spiro atoms. The van der Waals surface area contributed by atoms with Gasteiger partial charge in [-0.3, -0.25) is 9.48 Å². The molecule has 20 heavy (non-hydrogen) atoms. The van der Waals surface area contributed by atoms with Crippen molar-refractivity contribution in [2.45, 2.75) is 13.5 Å². The molecule has 0 fully saturated rings. The van der Waals surface area contributed by atoms with Crippen LogP contribution in [0.25, 0.3) is 0 Å². The highest BCUT2D eigenvalue weighted by atomic mass is 32.1. The Morgan fingerprint density at radius 2 is 2.35 bits per heavy atom. The van der Waals surface area contributed by atoms with Gasteiger partial charge in [0, 0.05) is 18.1 Å². The number of thiazole rings is 1. The zero-order valence-corrected chi connectivity index (χ0v) is 11.6. The summed E-state index contributed by atoms with van der Waals surface area (Å²) in [6.45, 7) is 2.90. The Hall–Kier alpha value is -2.29. The Kier molecular flexibility index (Phi) is 4.77. The molecule has 0 atom stereocenters. The van der Waals surface area contributed by atoms with Crippen LogP contribution in [0.1, 0.15) is 27.2 Å². The van der Waals surface area contributed by atoms with Crippen molar-refractivity contribution in [3.05, 3.63) is 28.5 Å². The summed E-state index contributed by atoms with van der Waals surface area (Å²) < 4.78 is 6.41. The molecule has 0 saturated carbocycles. The number of nitrogens with zero attached hydrogens (tertiary/aromatic N) is 4. The quantitative estimate of drug-likeness (QED) is 0.772. The number of aromatic nitrogens is 4. The van der Waals surface area contributed by atoms with Crippen molar-refractivity contribution in [3.8, 4) is 0 Å². The summed E-state index contributed by atoms with van der Waals surface area (Å²) >= 11 is 1.08. The van der Waals surface area contributed by atoms with Gasteiger partial charge in [-0.05, 0) is 6.92 Å². The Labute approximate surface area is 118 Å². The first-order valence-electron chi connectivity index (χ1n) is 5.95. The van der Waals surface area contributed by atoms with Crippen molar-refractivity contribution in [3.63, 3.8) is 0 Å². The third-order valence-electron chi connectivity index (χ3n) is 2.29. The predicted molar refractivity (Wildman–Crippen MR) is 70.4 cm³/mol. The van der Waals surface area contributed by atoms with Gasteiger partial charge in [0.2, 0.25) is 5.01 Å². The molecular formula is C11H13N5O3S. The monoisotopic (exact) mass is 295 g/mol. The highest BCUT2D eigenvalue weighted by molar-refractivity contribution is 7.11. The first kappa shape index (κ1) is 14.1. The largest absolute Gasteiger partial charge is 0.461 e. The molecule has 2 heterocycles. The number of esters is 1. The van der Waals surface area contributed by atoms with Gasteiger partial charge in [0.25, 0.3) is 5.91 Å². The third-order valence-corrected chi connectivity index (χ3v) is 3.11. The Balaban J connectivity index is 1.84. The molecule has 1 N–H and O–H groups in total. The van der Waals surface area contributed by atoms with Crippen molar-refractivity contribution in [1.82, 2.24) is 25.3 Å². The number of ether oxygens (including phenoxy) is 1. The van der Waals surface area contributed by atoms with Crippen LogP contribution < -0.4 is 5.32 Å². The molecule has 0 aliphatic rings. The maximum absolute atomic E-state index is 11.8. The smallest absolute Gasteiger partial charge is 0.367 e. The standard InChI is InChI=1S/C11H13N5O3S/c1-2-19-11(18)10-14-8(7-20-10)9(17)12-3-5-16-6-4-13-15-16/h4,6-7H,2-3,5H2,1H3,(H,12,17). The predicted octanol–water partition coefficient (Wildman–Crippen LogP) is 0.341. The molecule has 2 aromatic heterocycles. The molecule has 0 aliphatic carbocycles. The number of hydrogen-bond acceptors (Lipinski definition) is 7. The molecular weight excluding hydrogens is 282 g/mol. The molecule has 2 aromatic rings. The molecule has 0 bridgehead atoms. The van der Waals surface area contributed by atoms with Crippen LogP contribution in [-0.4, -0.2) is 45.0 Å². The highest BCUT2D eigenvalue weighted by Crippen LogP contribution is 2.11. The van der Waals surface area contributed by atoms with Gasteiger partial charge >= 0.3 is 5.97 Å². The van der Waals surface area contributed by atoms with E-state index in [1.54, 1.807) is 24.0 Å². The van der Waals surface area contributed by atoms with E-state index in [9.17, 15) is 9.59 Å². The molecule has 9 heteroatoms. The van der Waals surface area contributed by atoms with Gasteiger partial charge in [0.1, 0.15) is 5.69 Å². The summed E-state index contributed by atoms with van der Waals surface area (Å²) in [4.78, 5) is 27.2. The van der Waals surface area contributed by atoms with E-state index in [-0.39, 0.29) is 23.2 Å². The molecule has 1 amide bonds. The Bertz CT molecular complexity index is 581. The van der Waals surface area contributed by atoms with Crippen LogP contribution in [0.2, 0.25) is 0 Å². The first-order chi connectivity index (χ1) is 9.70. The van der Waals surface area contributed by atoms with Gasteiger partial charge < -0.3 is 10.1 Å². The van der Waals surface area contributed by atoms with E-state index >= 15 is 0 Å². The normalized spacial score (nSPS) is 10.2. The van der Waals surface area contributed by atoms with Gasteiger partial charge in [0.05, 0.1) is 19.3 Å². The highest BCUT2D eigenvalue weighted by Gasteiger charge is 2.15. The van der Waals surface area contributed by atoms with Gasteiger partial charge in [-0.1, -0.05) is 5.21 Å². The molecule has 2 rings (SSSR count). The number of hydrogen-bond donors (Lipinski definition) is 1. The van der Waals surface area contributed by atoms with Crippen LogP contribution >= 0.6 is 11.3 Å². The molecule has 0 aliphatic heterocycles. The minimum absolute atomic E-state index is 0.174. The van der Waals surface area contributed by atoms with Gasteiger partial charge in [-0.2, -0.15) is 0 Å². The minimum atomic E-state index is -0.515. The van der Waals surface area contributed by atoms with Crippen LogP contribution in [0.3, 0.4) is 0 Å². The van der Waals surface area contributed by atoms with Crippen molar-refractivity contribution < 1.29 is 14.3 Å². The van der Waals surface area contributed by atoms with E-state index in [0.717, 1.165) is 11.3 Å². The summed E-state index contributed by atoms with van der Waals surface area (Å²) in [5.41, 5.74) is 0.205. The summed E-state index contributed by atoms with van der Waals surface area (Å²) in [5.74, 6) is -0.851. The van der Waals surface area contributed by atoms with Crippen molar-refractivity contribution >= 4 is 23.2 Å². The molecule has 106 valence electrons. The number of carbonyl (C=O) groups is 2. The van der Waals surface area contributed by atoms with Crippen LogP contribution in [0.5, 0.6) is 0 Å².